The van der Waals surface area contributed by atoms with Crippen LogP contribution in [0, 0.1) is 18.6 Å². The first-order chi connectivity index (χ1) is 9.33. The first-order valence-electron chi connectivity index (χ1n) is 5.37. The molecule has 0 saturated carbocycles. The van der Waals surface area contributed by atoms with Gasteiger partial charge in [0.05, 0.1) is 12.3 Å². The third-order valence-corrected chi connectivity index (χ3v) is 4.71. The van der Waals surface area contributed by atoms with Gasteiger partial charge in [0.1, 0.15) is 4.90 Å². The predicted molar refractivity (Wildman–Crippen MR) is 69.9 cm³/mol. The second-order valence-electron chi connectivity index (χ2n) is 3.95. The number of benzene rings is 1. The molecule has 108 valence electrons. The summed E-state index contributed by atoms with van der Waals surface area (Å²) in [6.45, 7) is 1.07. The average Bonchev–Trinajstić information content (AvgIpc) is 2.76. The quantitative estimate of drug-likeness (QED) is 0.903. The molecule has 9 heteroatoms. The van der Waals surface area contributed by atoms with Crippen molar-refractivity contribution in [2.45, 2.75) is 18.4 Å². The van der Waals surface area contributed by atoms with E-state index in [1.165, 1.54) is 0 Å². The van der Waals surface area contributed by atoms with Crippen molar-refractivity contribution >= 4 is 26.5 Å². The van der Waals surface area contributed by atoms with Crippen LogP contribution in [0.5, 0.6) is 0 Å². The van der Waals surface area contributed by atoms with Gasteiger partial charge in [-0.2, -0.15) is 0 Å². The number of rotatable bonds is 4. The van der Waals surface area contributed by atoms with Crippen molar-refractivity contribution in [1.29, 1.82) is 0 Å². The van der Waals surface area contributed by atoms with E-state index in [-0.39, 0.29) is 10.7 Å². The van der Waals surface area contributed by atoms with Crippen molar-refractivity contribution in [3.05, 3.63) is 40.4 Å². The highest BCUT2D eigenvalue weighted by Crippen LogP contribution is 2.24. The van der Waals surface area contributed by atoms with Gasteiger partial charge in [-0.25, -0.2) is 22.2 Å². The van der Waals surface area contributed by atoms with Gasteiger partial charge in [-0.1, -0.05) is 0 Å². The number of thiazole rings is 1. The topological polar surface area (TPSA) is 79.3 Å². The lowest BCUT2D eigenvalue weighted by Crippen LogP contribution is -2.16. The molecule has 0 atom stereocenters. The van der Waals surface area contributed by atoms with Crippen molar-refractivity contribution in [3.63, 3.8) is 0 Å². The number of hydrogen-bond acceptors (Lipinski definition) is 5. The van der Waals surface area contributed by atoms with Crippen LogP contribution in [0.15, 0.2) is 22.4 Å². The van der Waals surface area contributed by atoms with Crippen molar-refractivity contribution < 1.29 is 22.3 Å². The van der Waals surface area contributed by atoms with Crippen LogP contribution in [-0.2, 0) is 16.6 Å². The van der Waals surface area contributed by atoms with Gasteiger partial charge in [0, 0.05) is 5.38 Å². The minimum absolute atomic E-state index is 0.0420. The Kier molecular flexibility index (Phi) is 4.02. The molecule has 20 heavy (non-hydrogen) atoms. The Morgan fingerprint density at radius 3 is 2.65 bits per heavy atom. The fraction of sp³-hybridized carbons (Fsp3) is 0.182. The molecule has 0 spiro atoms. The molecule has 0 saturated heterocycles. The van der Waals surface area contributed by atoms with Crippen molar-refractivity contribution in [2.75, 3.05) is 4.72 Å². The Morgan fingerprint density at radius 1 is 1.40 bits per heavy atom. The molecule has 2 N–H and O–H groups in total. The van der Waals surface area contributed by atoms with Crippen LogP contribution in [-0.4, -0.2) is 18.5 Å². The van der Waals surface area contributed by atoms with Crippen LogP contribution in [0.3, 0.4) is 0 Å². The largest absolute Gasteiger partial charge is 0.392 e. The summed E-state index contributed by atoms with van der Waals surface area (Å²) in [4.78, 5) is 3.01. The Bertz CT molecular complexity index is 744. The highest BCUT2D eigenvalue weighted by molar-refractivity contribution is 7.93. The van der Waals surface area contributed by atoms with E-state index in [9.17, 15) is 17.2 Å². The van der Waals surface area contributed by atoms with E-state index in [4.69, 9.17) is 5.11 Å². The number of sulfonamides is 1. The summed E-state index contributed by atoms with van der Waals surface area (Å²) in [7, 11) is -4.31. The lowest BCUT2D eigenvalue weighted by Gasteiger charge is -2.08. The zero-order chi connectivity index (χ0) is 14.9. The highest BCUT2D eigenvalue weighted by atomic mass is 32.2. The molecule has 2 aromatic rings. The summed E-state index contributed by atoms with van der Waals surface area (Å²) < 4.78 is 53.0. The van der Waals surface area contributed by atoms with Crippen LogP contribution in [0.25, 0.3) is 0 Å². The average molecular weight is 320 g/mol. The number of aliphatic hydroxyl groups is 1. The molecule has 0 fully saturated rings. The minimum Gasteiger partial charge on any atom is -0.392 e. The summed E-state index contributed by atoms with van der Waals surface area (Å²) in [6, 6.07) is 1.61. The first kappa shape index (κ1) is 14.8. The third kappa shape index (κ3) is 2.94. The fourth-order valence-electron chi connectivity index (χ4n) is 1.47. The maximum absolute atomic E-state index is 13.6. The zero-order valence-corrected chi connectivity index (χ0v) is 11.9. The number of aliphatic hydroxyl groups excluding tert-OH is 1. The summed E-state index contributed by atoms with van der Waals surface area (Å²) in [5, 5.41) is 10.6. The van der Waals surface area contributed by atoms with E-state index >= 15 is 0 Å². The monoisotopic (exact) mass is 320 g/mol. The Balaban J connectivity index is 2.46. The van der Waals surface area contributed by atoms with E-state index in [1.807, 2.05) is 0 Å². The predicted octanol–water partition coefficient (Wildman–Crippen LogP) is 2.02. The zero-order valence-electron chi connectivity index (χ0n) is 10.2. The molecule has 2 rings (SSSR count). The van der Waals surface area contributed by atoms with Gasteiger partial charge < -0.3 is 5.11 Å². The van der Waals surface area contributed by atoms with E-state index in [1.54, 1.807) is 12.3 Å². The molecule has 0 aliphatic rings. The van der Waals surface area contributed by atoms with Crippen LogP contribution in [0.2, 0.25) is 0 Å². The summed E-state index contributed by atoms with van der Waals surface area (Å²) in [6.07, 6.45) is 0. The van der Waals surface area contributed by atoms with Gasteiger partial charge in [0.25, 0.3) is 10.0 Å². The van der Waals surface area contributed by atoms with Gasteiger partial charge in [-0.3, -0.25) is 4.72 Å². The van der Waals surface area contributed by atoms with Crippen LogP contribution in [0.4, 0.5) is 13.9 Å². The second kappa shape index (κ2) is 5.43. The number of halogens is 2. The highest BCUT2D eigenvalue weighted by Gasteiger charge is 2.24. The number of nitrogens with zero attached hydrogens (tertiary/aromatic N) is 1. The number of hydrogen-bond donors (Lipinski definition) is 2. The minimum atomic E-state index is -4.31. The molecular weight excluding hydrogens is 310 g/mol. The molecule has 0 bridgehead atoms. The normalized spacial score (nSPS) is 11.6. The van der Waals surface area contributed by atoms with Crippen molar-refractivity contribution in [2.24, 2.45) is 0 Å². The molecule has 1 aromatic carbocycles. The van der Waals surface area contributed by atoms with Crippen molar-refractivity contribution in [1.82, 2.24) is 4.98 Å². The molecule has 0 unspecified atom stereocenters. The van der Waals surface area contributed by atoms with E-state index in [0.717, 1.165) is 23.5 Å². The summed E-state index contributed by atoms with van der Waals surface area (Å²) in [5.74, 6) is -2.84. The molecule has 1 aromatic heterocycles. The standard InChI is InChI=1S/C11H10F2N2O3S2/c1-6-5-19-11(14-6)15-20(17,18)9-3-7(4-16)2-8(12)10(9)13/h2-3,5,16H,4H2,1H3,(H,14,15). The van der Waals surface area contributed by atoms with Crippen LogP contribution < -0.4 is 4.72 Å². The van der Waals surface area contributed by atoms with Gasteiger partial charge in [0.15, 0.2) is 16.8 Å². The van der Waals surface area contributed by atoms with E-state index < -0.39 is 33.2 Å². The molecule has 0 amide bonds. The SMILES string of the molecule is Cc1csc(NS(=O)(=O)c2cc(CO)cc(F)c2F)n1. The molecule has 1 heterocycles. The van der Waals surface area contributed by atoms with Gasteiger partial charge >= 0.3 is 0 Å². The molecule has 0 aliphatic heterocycles. The van der Waals surface area contributed by atoms with E-state index in [2.05, 4.69) is 9.71 Å². The Morgan fingerprint density at radius 2 is 2.10 bits per heavy atom. The first-order valence-corrected chi connectivity index (χ1v) is 7.73. The Hall–Kier alpha value is -1.58. The lowest BCUT2D eigenvalue weighted by molar-refractivity contribution is 0.280. The summed E-state index contributed by atoms with van der Waals surface area (Å²) in [5.41, 5.74) is 0.558. The van der Waals surface area contributed by atoms with Crippen LogP contribution in [0.1, 0.15) is 11.3 Å². The van der Waals surface area contributed by atoms with Crippen LogP contribution >= 0.6 is 11.3 Å². The molecule has 0 aliphatic carbocycles. The smallest absolute Gasteiger partial charge is 0.266 e. The summed E-state index contributed by atoms with van der Waals surface area (Å²) >= 11 is 1.02. The maximum Gasteiger partial charge on any atom is 0.266 e. The van der Waals surface area contributed by atoms with Gasteiger partial charge in [-0.15, -0.1) is 11.3 Å². The lowest BCUT2D eigenvalue weighted by atomic mass is 10.2. The molecule has 0 radical (unpaired) electrons. The van der Waals surface area contributed by atoms with Gasteiger partial charge in [-0.05, 0) is 24.6 Å². The Labute approximate surface area is 118 Å². The number of anilines is 1. The molecule has 5 nitrogen and oxygen atoms in total. The van der Waals surface area contributed by atoms with Crippen molar-refractivity contribution in [3.8, 4) is 0 Å². The second-order valence-corrected chi connectivity index (χ2v) is 6.46. The van der Waals surface area contributed by atoms with Gasteiger partial charge in [0.2, 0.25) is 0 Å². The molecular formula is C11H10F2N2O3S2. The third-order valence-electron chi connectivity index (χ3n) is 2.37. The number of nitrogens with one attached hydrogen (secondary N) is 1. The van der Waals surface area contributed by atoms with E-state index in [0.29, 0.717) is 5.69 Å². The number of aryl methyl sites for hydroxylation is 1. The number of aromatic nitrogens is 1. The maximum atomic E-state index is 13.6. The fourth-order valence-corrected chi connectivity index (χ4v) is 3.55.